The summed E-state index contributed by atoms with van der Waals surface area (Å²) < 4.78 is 2.25. The van der Waals surface area contributed by atoms with E-state index < -0.39 is 0 Å². The molecule has 4 rings (SSSR count). The van der Waals surface area contributed by atoms with Crippen molar-refractivity contribution in [2.24, 2.45) is 5.73 Å². The third-order valence-corrected chi connectivity index (χ3v) is 6.23. The quantitative estimate of drug-likeness (QED) is 0.576. The monoisotopic (exact) mass is 362 g/mol. The van der Waals surface area contributed by atoms with Gasteiger partial charge in [0.15, 0.2) is 10.9 Å². The van der Waals surface area contributed by atoms with Gasteiger partial charge >= 0.3 is 0 Å². The van der Waals surface area contributed by atoms with E-state index >= 15 is 0 Å². The Balaban J connectivity index is 1.42. The fourth-order valence-corrected chi connectivity index (χ4v) is 4.62. The normalized spacial score (nSPS) is 17.2. The van der Waals surface area contributed by atoms with Gasteiger partial charge in [0.05, 0.1) is 17.1 Å². The number of hydrogen-bond acceptors (Lipinski definition) is 6. The van der Waals surface area contributed by atoms with E-state index in [9.17, 15) is 9.59 Å². The lowest BCUT2D eigenvalue weighted by atomic mass is 10.3. The van der Waals surface area contributed by atoms with E-state index in [1.54, 1.807) is 12.1 Å². The van der Waals surface area contributed by atoms with Gasteiger partial charge in [0.1, 0.15) is 5.82 Å². The minimum atomic E-state index is -0.379. The highest BCUT2D eigenvalue weighted by atomic mass is 32.2. The van der Waals surface area contributed by atoms with Crippen LogP contribution in [0.2, 0.25) is 0 Å². The van der Waals surface area contributed by atoms with Gasteiger partial charge in [-0.15, -0.1) is 21.5 Å². The third-order valence-electron chi connectivity index (χ3n) is 4.16. The number of nitrogens with two attached hydrogens (primary N) is 1. The predicted octanol–water partition coefficient (Wildman–Crippen LogP) is 2.55. The molecule has 2 aliphatic carbocycles. The summed E-state index contributed by atoms with van der Waals surface area (Å²) >= 11 is 2.80. The fraction of sp³-hybridized carbons (Fsp3) is 0.500. The van der Waals surface area contributed by atoms with Crippen molar-refractivity contribution in [3.05, 3.63) is 27.7 Å². The summed E-state index contributed by atoms with van der Waals surface area (Å²) in [6, 6.07) is 4.09. The Bertz CT molecular complexity index is 790. The van der Waals surface area contributed by atoms with Crippen molar-refractivity contribution in [2.45, 2.75) is 49.2 Å². The number of primary amides is 1. The molecule has 2 fully saturated rings. The summed E-state index contributed by atoms with van der Waals surface area (Å²) in [5.74, 6) is 1.69. The Morgan fingerprint density at radius 1 is 1.25 bits per heavy atom. The van der Waals surface area contributed by atoms with Gasteiger partial charge in [0, 0.05) is 16.8 Å². The van der Waals surface area contributed by atoms with Crippen molar-refractivity contribution in [3.8, 4) is 0 Å². The Morgan fingerprint density at radius 2 is 2.04 bits per heavy atom. The Kier molecular flexibility index (Phi) is 4.17. The van der Waals surface area contributed by atoms with Gasteiger partial charge in [-0.05, 0) is 37.8 Å². The van der Waals surface area contributed by atoms with Gasteiger partial charge in [0.25, 0.3) is 0 Å². The van der Waals surface area contributed by atoms with Crippen LogP contribution in [0.25, 0.3) is 0 Å². The van der Waals surface area contributed by atoms with Gasteiger partial charge in [-0.1, -0.05) is 11.8 Å². The van der Waals surface area contributed by atoms with Crippen LogP contribution >= 0.6 is 23.1 Å². The van der Waals surface area contributed by atoms with Gasteiger partial charge in [-0.25, -0.2) is 0 Å². The molecule has 2 aromatic heterocycles. The Labute approximate surface area is 147 Å². The maximum Gasteiger partial charge on any atom is 0.222 e. The lowest BCUT2D eigenvalue weighted by molar-refractivity contribution is -0.117. The van der Waals surface area contributed by atoms with E-state index in [4.69, 9.17) is 5.73 Å². The number of carbonyl (C=O) groups excluding carboxylic acids is 2. The summed E-state index contributed by atoms with van der Waals surface area (Å²) in [7, 11) is 0. The molecule has 0 radical (unpaired) electrons. The second-order valence-electron chi connectivity index (χ2n) is 6.34. The van der Waals surface area contributed by atoms with Crippen LogP contribution in [0.1, 0.15) is 58.0 Å². The maximum absolute atomic E-state index is 12.4. The average Bonchev–Trinajstić information content (AvgIpc) is 3.47. The van der Waals surface area contributed by atoms with E-state index in [1.165, 1.54) is 48.8 Å². The van der Waals surface area contributed by atoms with Gasteiger partial charge in [-0.3, -0.25) is 9.59 Å². The predicted molar refractivity (Wildman–Crippen MR) is 92.5 cm³/mol. The first-order valence-corrected chi connectivity index (χ1v) is 9.90. The molecule has 2 N–H and O–H groups in total. The van der Waals surface area contributed by atoms with Crippen molar-refractivity contribution >= 4 is 34.8 Å². The molecular weight excluding hydrogens is 344 g/mol. The maximum atomic E-state index is 12.4. The van der Waals surface area contributed by atoms with Gasteiger partial charge in [-0.2, -0.15) is 0 Å². The van der Waals surface area contributed by atoms with E-state index in [0.29, 0.717) is 22.6 Å². The number of thiophene rings is 1. The first kappa shape index (κ1) is 15.8. The molecular formula is C16H18N4O2S2. The van der Waals surface area contributed by atoms with Gasteiger partial charge in [0.2, 0.25) is 5.91 Å². The molecule has 2 aliphatic rings. The number of hydrogen-bond donors (Lipinski definition) is 1. The van der Waals surface area contributed by atoms with Crippen LogP contribution in [0.15, 0.2) is 17.3 Å². The summed E-state index contributed by atoms with van der Waals surface area (Å²) in [4.78, 5) is 24.8. The highest BCUT2D eigenvalue weighted by molar-refractivity contribution is 7.99. The number of nitrogens with zero attached hydrogens (tertiary/aromatic N) is 3. The van der Waals surface area contributed by atoms with Crippen molar-refractivity contribution in [1.82, 2.24) is 14.8 Å². The molecule has 2 saturated carbocycles. The molecule has 0 aliphatic heterocycles. The number of Topliss-reactive ketones (excluding diaryl/α,β-unsaturated/α-hetero) is 1. The average molecular weight is 362 g/mol. The zero-order valence-corrected chi connectivity index (χ0v) is 14.7. The van der Waals surface area contributed by atoms with Crippen LogP contribution < -0.4 is 5.73 Å². The number of ketones is 1. The minimum absolute atomic E-state index is 0.0547. The zero-order chi connectivity index (χ0) is 16.7. The summed E-state index contributed by atoms with van der Waals surface area (Å²) in [5.41, 5.74) is 5.19. The molecule has 0 spiro atoms. The van der Waals surface area contributed by atoms with Crippen LogP contribution in [-0.4, -0.2) is 32.2 Å². The van der Waals surface area contributed by atoms with Crippen molar-refractivity contribution in [3.63, 3.8) is 0 Å². The molecule has 24 heavy (non-hydrogen) atoms. The zero-order valence-electron chi connectivity index (χ0n) is 13.1. The molecule has 2 heterocycles. The van der Waals surface area contributed by atoms with Crippen molar-refractivity contribution in [2.75, 3.05) is 5.75 Å². The van der Waals surface area contributed by atoms with Crippen LogP contribution in [0.4, 0.5) is 0 Å². The summed E-state index contributed by atoms with van der Waals surface area (Å²) in [6.07, 6.45) is 4.95. The Morgan fingerprint density at radius 3 is 2.71 bits per heavy atom. The number of aromatic nitrogens is 3. The summed E-state index contributed by atoms with van der Waals surface area (Å²) in [6.45, 7) is 0. The largest absolute Gasteiger partial charge is 0.369 e. The number of amides is 1. The molecule has 0 aromatic carbocycles. The Hall–Kier alpha value is -1.67. The van der Waals surface area contributed by atoms with E-state index in [1.807, 2.05) is 0 Å². The molecule has 0 bridgehead atoms. The molecule has 0 unspecified atom stereocenters. The second kappa shape index (κ2) is 6.33. The molecule has 0 atom stereocenters. The standard InChI is InChI=1S/C16H18N4O2S2/c17-14(22)7-11-5-6-13(24-11)12(21)8-23-16-19-18-15(9-1-2-9)20(16)10-3-4-10/h5-6,9-10H,1-4,7-8H2,(H2,17,22). The number of thioether (sulfide) groups is 1. The topological polar surface area (TPSA) is 90.9 Å². The van der Waals surface area contributed by atoms with Crippen LogP contribution in [0, 0.1) is 0 Å². The smallest absolute Gasteiger partial charge is 0.222 e. The molecule has 2 aromatic rings. The minimum Gasteiger partial charge on any atom is -0.369 e. The first-order valence-electron chi connectivity index (χ1n) is 8.09. The first-order chi connectivity index (χ1) is 11.6. The van der Waals surface area contributed by atoms with Crippen LogP contribution in [-0.2, 0) is 11.2 Å². The fourth-order valence-electron chi connectivity index (χ4n) is 2.68. The summed E-state index contributed by atoms with van der Waals surface area (Å²) in [5, 5.41) is 9.54. The SMILES string of the molecule is NC(=O)Cc1ccc(C(=O)CSc2nnc(C3CC3)n2C2CC2)s1. The van der Waals surface area contributed by atoms with E-state index in [0.717, 1.165) is 15.9 Å². The number of rotatable bonds is 8. The highest BCUT2D eigenvalue weighted by Gasteiger charge is 2.36. The van der Waals surface area contributed by atoms with E-state index in [-0.39, 0.29) is 18.1 Å². The number of carbonyl (C=O) groups is 2. The van der Waals surface area contributed by atoms with E-state index in [2.05, 4.69) is 14.8 Å². The third kappa shape index (κ3) is 3.39. The molecule has 6 nitrogen and oxygen atoms in total. The lowest BCUT2D eigenvalue weighted by Gasteiger charge is -2.07. The van der Waals surface area contributed by atoms with Crippen LogP contribution in [0.3, 0.4) is 0 Å². The highest BCUT2D eigenvalue weighted by Crippen LogP contribution is 2.46. The van der Waals surface area contributed by atoms with Crippen LogP contribution in [0.5, 0.6) is 0 Å². The van der Waals surface area contributed by atoms with Crippen molar-refractivity contribution < 1.29 is 9.59 Å². The lowest BCUT2D eigenvalue weighted by Crippen LogP contribution is -2.12. The van der Waals surface area contributed by atoms with Crippen molar-refractivity contribution in [1.29, 1.82) is 0 Å². The molecule has 0 saturated heterocycles. The molecule has 126 valence electrons. The van der Waals surface area contributed by atoms with Gasteiger partial charge < -0.3 is 10.3 Å². The second-order valence-corrected chi connectivity index (χ2v) is 8.45. The molecule has 8 heteroatoms. The molecule has 1 amide bonds.